The van der Waals surface area contributed by atoms with E-state index in [-0.39, 0.29) is 0 Å². The van der Waals surface area contributed by atoms with E-state index in [1.165, 1.54) is 5.56 Å². The van der Waals surface area contributed by atoms with Crippen molar-refractivity contribution in [1.82, 2.24) is 0 Å². The molecule has 1 N–H and O–H groups in total. The molecule has 2 aromatic rings. The molecule has 0 fully saturated rings. The van der Waals surface area contributed by atoms with Gasteiger partial charge in [-0.15, -0.1) is 0 Å². The van der Waals surface area contributed by atoms with E-state index in [0.717, 1.165) is 22.9 Å². The SMILES string of the molecule is O=C(O)c1ccccc1CCc1ccc(Br)cc1. The number of halogens is 1. The molecule has 0 aliphatic rings. The summed E-state index contributed by atoms with van der Waals surface area (Å²) in [5, 5.41) is 9.09. The van der Waals surface area contributed by atoms with Gasteiger partial charge in [-0.25, -0.2) is 4.79 Å². The lowest BCUT2D eigenvalue weighted by atomic mass is 10.00. The second-order valence-electron chi connectivity index (χ2n) is 4.09. The quantitative estimate of drug-likeness (QED) is 0.929. The van der Waals surface area contributed by atoms with Crippen molar-refractivity contribution in [2.45, 2.75) is 12.8 Å². The first-order valence-electron chi connectivity index (χ1n) is 5.72. The molecule has 18 heavy (non-hydrogen) atoms. The number of hydrogen-bond acceptors (Lipinski definition) is 1. The van der Waals surface area contributed by atoms with Gasteiger partial charge in [-0.1, -0.05) is 46.3 Å². The topological polar surface area (TPSA) is 37.3 Å². The fraction of sp³-hybridized carbons (Fsp3) is 0.133. The summed E-state index contributed by atoms with van der Waals surface area (Å²) in [4.78, 5) is 11.1. The van der Waals surface area contributed by atoms with Crippen LogP contribution in [0.4, 0.5) is 0 Å². The lowest BCUT2D eigenvalue weighted by Crippen LogP contribution is -2.03. The molecule has 3 heteroatoms. The fourth-order valence-corrected chi connectivity index (χ4v) is 2.14. The summed E-state index contributed by atoms with van der Waals surface area (Å²) in [7, 11) is 0. The lowest BCUT2D eigenvalue weighted by Gasteiger charge is -2.06. The van der Waals surface area contributed by atoms with Crippen LogP contribution in [0.15, 0.2) is 53.0 Å². The van der Waals surface area contributed by atoms with Gasteiger partial charge in [-0.05, 0) is 42.2 Å². The average Bonchev–Trinajstić information content (AvgIpc) is 2.38. The van der Waals surface area contributed by atoms with Crippen LogP contribution < -0.4 is 0 Å². The van der Waals surface area contributed by atoms with Gasteiger partial charge in [-0.3, -0.25) is 0 Å². The third-order valence-corrected chi connectivity index (χ3v) is 3.37. The fourth-order valence-electron chi connectivity index (χ4n) is 1.88. The molecule has 0 atom stereocenters. The molecule has 2 nitrogen and oxygen atoms in total. The Kier molecular flexibility index (Phi) is 4.15. The van der Waals surface area contributed by atoms with Crippen LogP contribution in [0.5, 0.6) is 0 Å². The van der Waals surface area contributed by atoms with Crippen LogP contribution in [0.25, 0.3) is 0 Å². The highest BCUT2D eigenvalue weighted by atomic mass is 79.9. The molecule has 0 aromatic heterocycles. The summed E-state index contributed by atoms with van der Waals surface area (Å²) < 4.78 is 1.05. The number of carbonyl (C=O) groups is 1. The number of aromatic carboxylic acids is 1. The Labute approximate surface area is 114 Å². The van der Waals surface area contributed by atoms with E-state index in [2.05, 4.69) is 15.9 Å². The standard InChI is InChI=1S/C15H13BrO2/c16-13-9-6-11(7-10-13)5-8-12-3-1-2-4-14(12)15(17)18/h1-4,6-7,9-10H,5,8H2,(H,17,18). The van der Waals surface area contributed by atoms with Crippen LogP contribution in [-0.2, 0) is 12.8 Å². The Morgan fingerprint density at radius 3 is 2.33 bits per heavy atom. The van der Waals surface area contributed by atoms with Gasteiger partial charge in [0.1, 0.15) is 0 Å². The van der Waals surface area contributed by atoms with Crippen LogP contribution in [0, 0.1) is 0 Å². The molecule has 0 heterocycles. The first kappa shape index (κ1) is 12.8. The number of hydrogen-bond donors (Lipinski definition) is 1. The van der Waals surface area contributed by atoms with Crippen molar-refractivity contribution in [3.05, 3.63) is 69.7 Å². The highest BCUT2D eigenvalue weighted by Gasteiger charge is 2.08. The maximum absolute atomic E-state index is 11.1. The van der Waals surface area contributed by atoms with Crippen LogP contribution in [0.1, 0.15) is 21.5 Å². The van der Waals surface area contributed by atoms with Crippen molar-refractivity contribution in [1.29, 1.82) is 0 Å². The maximum Gasteiger partial charge on any atom is 0.335 e. The smallest absolute Gasteiger partial charge is 0.335 e. The molecule has 0 saturated carbocycles. The van der Waals surface area contributed by atoms with Crippen molar-refractivity contribution in [2.24, 2.45) is 0 Å². The summed E-state index contributed by atoms with van der Waals surface area (Å²) >= 11 is 3.39. The maximum atomic E-state index is 11.1. The third kappa shape index (κ3) is 3.20. The van der Waals surface area contributed by atoms with E-state index < -0.39 is 5.97 Å². The molecule has 0 unspecified atom stereocenters. The highest BCUT2D eigenvalue weighted by Crippen LogP contribution is 2.15. The molecular formula is C15H13BrO2. The zero-order valence-corrected chi connectivity index (χ0v) is 11.4. The van der Waals surface area contributed by atoms with E-state index >= 15 is 0 Å². The van der Waals surface area contributed by atoms with Gasteiger partial charge in [0.15, 0.2) is 0 Å². The average molecular weight is 305 g/mol. The van der Waals surface area contributed by atoms with E-state index in [1.807, 2.05) is 36.4 Å². The van der Waals surface area contributed by atoms with Crippen LogP contribution >= 0.6 is 15.9 Å². The largest absolute Gasteiger partial charge is 0.478 e. The van der Waals surface area contributed by atoms with E-state index in [9.17, 15) is 4.79 Å². The number of aryl methyl sites for hydroxylation is 2. The number of benzene rings is 2. The minimum absolute atomic E-state index is 0.398. The molecule has 2 rings (SSSR count). The van der Waals surface area contributed by atoms with E-state index in [4.69, 9.17) is 5.11 Å². The summed E-state index contributed by atoms with van der Waals surface area (Å²) in [6.45, 7) is 0. The van der Waals surface area contributed by atoms with Crippen LogP contribution in [-0.4, -0.2) is 11.1 Å². The predicted molar refractivity (Wildman–Crippen MR) is 75.0 cm³/mol. The van der Waals surface area contributed by atoms with Crippen molar-refractivity contribution >= 4 is 21.9 Å². The van der Waals surface area contributed by atoms with Gasteiger partial charge in [0.2, 0.25) is 0 Å². The van der Waals surface area contributed by atoms with Crippen LogP contribution in [0.3, 0.4) is 0 Å². The highest BCUT2D eigenvalue weighted by molar-refractivity contribution is 9.10. The zero-order valence-electron chi connectivity index (χ0n) is 9.77. The summed E-state index contributed by atoms with van der Waals surface area (Å²) in [6.07, 6.45) is 1.58. The molecule has 0 amide bonds. The van der Waals surface area contributed by atoms with Gasteiger partial charge in [0.25, 0.3) is 0 Å². The van der Waals surface area contributed by atoms with Crippen molar-refractivity contribution < 1.29 is 9.90 Å². The normalized spacial score (nSPS) is 10.3. The molecule has 2 aromatic carbocycles. The third-order valence-electron chi connectivity index (χ3n) is 2.84. The van der Waals surface area contributed by atoms with Gasteiger partial charge in [-0.2, -0.15) is 0 Å². The Balaban J connectivity index is 2.10. The van der Waals surface area contributed by atoms with Gasteiger partial charge in [0, 0.05) is 4.47 Å². The first-order chi connectivity index (χ1) is 8.66. The van der Waals surface area contributed by atoms with Crippen LogP contribution in [0.2, 0.25) is 0 Å². The zero-order chi connectivity index (χ0) is 13.0. The second-order valence-corrected chi connectivity index (χ2v) is 5.00. The summed E-state index contributed by atoms with van der Waals surface area (Å²) in [6, 6.07) is 15.3. The Bertz CT molecular complexity index is 547. The number of carboxylic acid groups (broad SMARTS) is 1. The molecule has 0 spiro atoms. The first-order valence-corrected chi connectivity index (χ1v) is 6.52. The van der Waals surface area contributed by atoms with Crippen molar-refractivity contribution in [3.63, 3.8) is 0 Å². The number of carboxylic acids is 1. The van der Waals surface area contributed by atoms with Crippen molar-refractivity contribution in [3.8, 4) is 0 Å². The molecule has 0 bridgehead atoms. The molecular weight excluding hydrogens is 292 g/mol. The lowest BCUT2D eigenvalue weighted by molar-refractivity contribution is 0.0695. The molecule has 0 saturated heterocycles. The van der Waals surface area contributed by atoms with Gasteiger partial charge >= 0.3 is 5.97 Å². The Morgan fingerprint density at radius 1 is 1.00 bits per heavy atom. The number of rotatable bonds is 4. The van der Waals surface area contributed by atoms with E-state index in [0.29, 0.717) is 5.56 Å². The molecule has 0 aliphatic heterocycles. The van der Waals surface area contributed by atoms with Gasteiger partial charge in [0.05, 0.1) is 5.56 Å². The monoisotopic (exact) mass is 304 g/mol. The Hall–Kier alpha value is -1.61. The predicted octanol–water partition coefficient (Wildman–Crippen LogP) is 3.93. The summed E-state index contributed by atoms with van der Waals surface area (Å²) in [5.41, 5.74) is 2.49. The van der Waals surface area contributed by atoms with E-state index in [1.54, 1.807) is 12.1 Å². The summed E-state index contributed by atoms with van der Waals surface area (Å²) in [5.74, 6) is -0.860. The minimum atomic E-state index is -0.860. The minimum Gasteiger partial charge on any atom is -0.478 e. The molecule has 0 radical (unpaired) electrons. The van der Waals surface area contributed by atoms with Gasteiger partial charge < -0.3 is 5.11 Å². The second kappa shape index (κ2) is 5.83. The molecule has 0 aliphatic carbocycles. The van der Waals surface area contributed by atoms with Crippen molar-refractivity contribution in [2.75, 3.05) is 0 Å². The Morgan fingerprint density at radius 2 is 1.67 bits per heavy atom. The molecule has 92 valence electrons.